The van der Waals surface area contributed by atoms with E-state index in [-0.39, 0.29) is 11.9 Å². The molecule has 5 rings (SSSR count). The minimum absolute atomic E-state index is 0.145. The summed E-state index contributed by atoms with van der Waals surface area (Å²) in [7, 11) is 0. The predicted octanol–water partition coefficient (Wildman–Crippen LogP) is 6.07. The number of nitrogens with zero attached hydrogens (tertiary/aromatic N) is 1. The van der Waals surface area contributed by atoms with E-state index < -0.39 is 17.8 Å². The lowest BCUT2D eigenvalue weighted by molar-refractivity contribution is 0.0531. The number of ketones is 1. The molecule has 1 aromatic heterocycles. The zero-order chi connectivity index (χ0) is 22.6. The highest BCUT2D eigenvalue weighted by molar-refractivity contribution is 6.31. The highest BCUT2D eigenvalue weighted by atomic mass is 35.5. The van der Waals surface area contributed by atoms with Gasteiger partial charge in [0.05, 0.1) is 22.9 Å². The van der Waals surface area contributed by atoms with E-state index in [0.717, 1.165) is 16.5 Å². The van der Waals surface area contributed by atoms with Gasteiger partial charge in [0.2, 0.25) is 0 Å². The number of carbonyl (C=O) groups excluding carboxylic acids is 2. The maximum absolute atomic E-state index is 12.9. The molecule has 2 aliphatic heterocycles. The molecule has 0 aliphatic carbocycles. The SMILES string of the molecule is CC(C)(C)OC(=O)n1cc([C@H]2C[C@@H]3Oc4ccc(Cl)cc4C(=O)C3=CO2)c2ccccc21. The molecule has 6 nitrogen and oxygen atoms in total. The van der Waals surface area contributed by atoms with Crippen molar-refractivity contribution < 1.29 is 23.8 Å². The average molecular weight is 452 g/mol. The second-order valence-electron chi connectivity index (χ2n) is 8.96. The molecule has 0 N–H and O–H groups in total. The lowest BCUT2D eigenvalue weighted by Gasteiger charge is -2.33. The summed E-state index contributed by atoms with van der Waals surface area (Å²) < 4.78 is 19.2. The summed E-state index contributed by atoms with van der Waals surface area (Å²) in [5.41, 5.74) is 1.85. The van der Waals surface area contributed by atoms with Crippen LogP contribution >= 0.6 is 11.6 Å². The monoisotopic (exact) mass is 451 g/mol. The van der Waals surface area contributed by atoms with E-state index >= 15 is 0 Å². The Morgan fingerprint density at radius 2 is 1.94 bits per heavy atom. The van der Waals surface area contributed by atoms with Crippen LogP contribution in [0.2, 0.25) is 5.02 Å². The minimum atomic E-state index is -0.617. The summed E-state index contributed by atoms with van der Waals surface area (Å²) in [6.45, 7) is 5.49. The lowest BCUT2D eigenvalue weighted by atomic mass is 9.89. The van der Waals surface area contributed by atoms with Crippen LogP contribution in [0, 0.1) is 0 Å². The fraction of sp³-hybridized carbons (Fsp3) is 0.280. The summed E-state index contributed by atoms with van der Waals surface area (Å²) in [5.74, 6) is 0.367. The van der Waals surface area contributed by atoms with Crippen LogP contribution in [-0.4, -0.2) is 28.1 Å². The highest BCUT2D eigenvalue weighted by Crippen LogP contribution is 2.41. The Labute approximate surface area is 190 Å². The van der Waals surface area contributed by atoms with Gasteiger partial charge < -0.3 is 14.2 Å². The van der Waals surface area contributed by atoms with Crippen molar-refractivity contribution in [1.29, 1.82) is 0 Å². The van der Waals surface area contributed by atoms with Crippen LogP contribution in [-0.2, 0) is 9.47 Å². The van der Waals surface area contributed by atoms with Crippen LogP contribution in [0.4, 0.5) is 4.79 Å². The molecule has 2 atom stereocenters. The van der Waals surface area contributed by atoms with Gasteiger partial charge in [-0.2, -0.15) is 0 Å². The summed E-state index contributed by atoms with van der Waals surface area (Å²) >= 11 is 6.05. The van der Waals surface area contributed by atoms with E-state index in [1.54, 1.807) is 24.4 Å². The molecule has 0 saturated carbocycles. The first-order valence-electron chi connectivity index (χ1n) is 10.4. The fourth-order valence-electron chi connectivity index (χ4n) is 4.14. The first kappa shape index (κ1) is 20.6. The van der Waals surface area contributed by atoms with Gasteiger partial charge in [-0.15, -0.1) is 0 Å². The first-order chi connectivity index (χ1) is 15.2. The number of fused-ring (bicyclic) bond motifs is 3. The van der Waals surface area contributed by atoms with Gasteiger partial charge in [-0.25, -0.2) is 4.79 Å². The molecule has 2 aliphatic rings. The number of benzene rings is 2. The molecule has 2 aromatic carbocycles. The number of hydrogen-bond donors (Lipinski definition) is 0. The number of aromatic nitrogens is 1. The molecule has 164 valence electrons. The molecule has 0 spiro atoms. The molecule has 7 heteroatoms. The van der Waals surface area contributed by atoms with Crippen molar-refractivity contribution in [1.82, 2.24) is 4.57 Å². The molecule has 3 aromatic rings. The third-order valence-corrected chi connectivity index (χ3v) is 5.77. The molecular weight excluding hydrogens is 430 g/mol. The molecule has 0 unspecified atom stereocenters. The first-order valence-corrected chi connectivity index (χ1v) is 10.8. The van der Waals surface area contributed by atoms with Gasteiger partial charge in [-0.1, -0.05) is 29.8 Å². The third-order valence-electron chi connectivity index (χ3n) is 5.53. The molecular formula is C25H22ClNO5. The van der Waals surface area contributed by atoms with E-state index in [0.29, 0.717) is 28.3 Å². The largest absolute Gasteiger partial charge is 0.493 e. The number of rotatable bonds is 1. The molecule has 32 heavy (non-hydrogen) atoms. The highest BCUT2D eigenvalue weighted by Gasteiger charge is 2.38. The number of hydrogen-bond acceptors (Lipinski definition) is 5. The van der Waals surface area contributed by atoms with Crippen LogP contribution in [0.5, 0.6) is 5.75 Å². The second kappa shape index (κ2) is 7.41. The van der Waals surface area contributed by atoms with Crippen molar-refractivity contribution in [3.05, 3.63) is 76.6 Å². The van der Waals surface area contributed by atoms with Crippen molar-refractivity contribution in [2.45, 2.75) is 45.0 Å². The van der Waals surface area contributed by atoms with E-state index in [9.17, 15) is 9.59 Å². The van der Waals surface area contributed by atoms with Crippen molar-refractivity contribution in [2.75, 3.05) is 0 Å². The van der Waals surface area contributed by atoms with Crippen molar-refractivity contribution in [3.8, 4) is 5.75 Å². The molecule has 0 bridgehead atoms. The van der Waals surface area contributed by atoms with Gasteiger partial charge in [-0.3, -0.25) is 9.36 Å². The number of Topliss-reactive ketones (excluding diaryl/α,β-unsaturated/α-hetero) is 1. The molecule has 0 radical (unpaired) electrons. The predicted molar refractivity (Wildman–Crippen MR) is 120 cm³/mol. The van der Waals surface area contributed by atoms with E-state index in [1.165, 1.54) is 10.8 Å². The van der Waals surface area contributed by atoms with E-state index in [4.69, 9.17) is 25.8 Å². The molecule has 0 amide bonds. The van der Waals surface area contributed by atoms with Gasteiger partial charge in [0.25, 0.3) is 0 Å². The maximum Gasteiger partial charge on any atom is 0.419 e. The van der Waals surface area contributed by atoms with Crippen LogP contribution < -0.4 is 4.74 Å². The van der Waals surface area contributed by atoms with Crippen molar-refractivity contribution in [2.24, 2.45) is 0 Å². The Morgan fingerprint density at radius 1 is 1.16 bits per heavy atom. The van der Waals surface area contributed by atoms with Gasteiger partial charge in [-0.05, 0) is 45.0 Å². The number of para-hydroxylation sites is 1. The van der Waals surface area contributed by atoms with Crippen LogP contribution in [0.25, 0.3) is 10.9 Å². The quantitative estimate of drug-likeness (QED) is 0.449. The van der Waals surface area contributed by atoms with Gasteiger partial charge in [0, 0.05) is 28.6 Å². The molecule has 0 fully saturated rings. The Kier molecular flexibility index (Phi) is 4.78. The number of carbonyl (C=O) groups is 2. The van der Waals surface area contributed by atoms with Crippen LogP contribution in [0.15, 0.2) is 60.5 Å². The summed E-state index contributed by atoms with van der Waals surface area (Å²) in [6, 6.07) is 12.6. The Hall–Kier alpha value is -3.25. The lowest BCUT2D eigenvalue weighted by Crippen LogP contribution is -2.34. The Balaban J connectivity index is 1.50. The standard InChI is InChI=1S/C25H22ClNO5/c1-25(2,3)32-24(29)27-12-17(15-6-4-5-7-19(15)27)21-11-22-18(13-30-21)23(28)16-10-14(26)8-9-20(16)31-22/h4-10,12-13,21-22H,11H2,1-3H3/t21-,22+/m1/s1. The van der Waals surface area contributed by atoms with Crippen molar-refractivity contribution >= 4 is 34.4 Å². The van der Waals surface area contributed by atoms with E-state index in [2.05, 4.69) is 0 Å². The number of ether oxygens (including phenoxy) is 3. The van der Waals surface area contributed by atoms with Crippen LogP contribution in [0.1, 0.15) is 49.2 Å². The Bertz CT molecular complexity index is 1280. The van der Waals surface area contributed by atoms with Crippen LogP contribution in [0.3, 0.4) is 0 Å². The summed E-state index contributed by atoms with van der Waals surface area (Å²) in [4.78, 5) is 25.7. The van der Waals surface area contributed by atoms with Crippen molar-refractivity contribution in [3.63, 3.8) is 0 Å². The normalized spacial score (nSPS) is 20.0. The van der Waals surface area contributed by atoms with E-state index in [1.807, 2.05) is 45.0 Å². The molecule has 0 saturated heterocycles. The summed E-state index contributed by atoms with van der Waals surface area (Å²) in [6.07, 6.45) is 2.37. The van der Waals surface area contributed by atoms with Gasteiger partial charge in [0.1, 0.15) is 23.6 Å². The topological polar surface area (TPSA) is 66.8 Å². The van der Waals surface area contributed by atoms with Gasteiger partial charge in [0.15, 0.2) is 5.78 Å². The Morgan fingerprint density at radius 3 is 2.72 bits per heavy atom. The fourth-order valence-corrected chi connectivity index (χ4v) is 4.31. The molecule has 3 heterocycles. The van der Waals surface area contributed by atoms with Gasteiger partial charge >= 0.3 is 6.09 Å². The zero-order valence-electron chi connectivity index (χ0n) is 17.9. The average Bonchev–Trinajstić information content (AvgIpc) is 3.13. The number of halogens is 1. The second-order valence-corrected chi connectivity index (χ2v) is 9.40. The zero-order valence-corrected chi connectivity index (χ0v) is 18.7. The third kappa shape index (κ3) is 3.54. The summed E-state index contributed by atoms with van der Waals surface area (Å²) in [5, 5.41) is 1.36. The smallest absolute Gasteiger partial charge is 0.419 e. The minimum Gasteiger partial charge on any atom is -0.493 e. The maximum atomic E-state index is 12.9.